The highest BCUT2D eigenvalue weighted by atomic mass is 32.2. The Hall–Kier alpha value is -5.90. The van der Waals surface area contributed by atoms with Crippen LogP contribution in [-0.2, 0) is 32.5 Å². The Morgan fingerprint density at radius 2 is 1.57 bits per heavy atom. The van der Waals surface area contributed by atoms with Crippen molar-refractivity contribution >= 4 is 45.6 Å². The van der Waals surface area contributed by atoms with Gasteiger partial charge in [0.15, 0.2) is 0 Å². The van der Waals surface area contributed by atoms with Crippen LogP contribution < -0.4 is 30.3 Å². The van der Waals surface area contributed by atoms with Crippen LogP contribution in [0.2, 0.25) is 0 Å². The second-order valence-corrected chi connectivity index (χ2v) is 19.9. The number of benzene rings is 3. The number of rotatable bonds is 17. The van der Waals surface area contributed by atoms with Gasteiger partial charge in [0.2, 0.25) is 5.91 Å². The van der Waals surface area contributed by atoms with E-state index in [1.165, 1.54) is 48.0 Å². The molecule has 16 heteroatoms. The lowest BCUT2D eigenvalue weighted by atomic mass is 9.87. The lowest BCUT2D eigenvalue weighted by molar-refractivity contribution is -0.123. The zero-order valence-corrected chi connectivity index (χ0v) is 40.8. The normalized spacial score (nSPS) is 17.9. The topological polar surface area (TPSA) is 204 Å². The molecule has 0 bridgehead atoms. The Labute approximate surface area is 396 Å². The number of nitrogens with one attached hydrogen (secondary N) is 4. The Kier molecular flexibility index (Phi) is 19.2. The number of nitrogens with zero attached hydrogens (tertiary/aromatic N) is 2. The van der Waals surface area contributed by atoms with Crippen LogP contribution in [-0.4, -0.2) is 87.1 Å². The van der Waals surface area contributed by atoms with Crippen LogP contribution >= 0.6 is 0 Å². The van der Waals surface area contributed by atoms with E-state index in [1.807, 2.05) is 19.9 Å². The smallest absolute Gasteiger partial charge is 0.339 e. The van der Waals surface area contributed by atoms with E-state index >= 15 is 0 Å². The SMILES string of the molecule is CCC1=C(C)CN(C(=O)NCCc2ccc(S(=O)(=O)NC(=O)NC3CCC(C)CC3)cc2)C1=O.CCOc1cc(CC(=O)N[C@@H](CC(C)C)c2ccccc2N2CCCCC2)ccc1C(=O)O. The van der Waals surface area contributed by atoms with Gasteiger partial charge in [0.25, 0.3) is 15.9 Å². The highest BCUT2D eigenvalue weighted by Gasteiger charge is 2.31. The minimum absolute atomic E-state index is 0.00639. The molecule has 1 atom stereocenters. The minimum atomic E-state index is -3.98. The van der Waals surface area contributed by atoms with Gasteiger partial charge in [-0.1, -0.05) is 64.1 Å². The molecule has 3 aromatic rings. The number of urea groups is 2. The highest BCUT2D eigenvalue weighted by molar-refractivity contribution is 7.90. The summed E-state index contributed by atoms with van der Waals surface area (Å²) in [6.07, 6.45) is 9.48. The van der Waals surface area contributed by atoms with E-state index in [4.69, 9.17) is 4.74 Å². The molecular formula is C51H70N6O9S. The second-order valence-electron chi connectivity index (χ2n) is 18.3. The van der Waals surface area contributed by atoms with Crippen molar-refractivity contribution in [1.29, 1.82) is 0 Å². The van der Waals surface area contributed by atoms with E-state index in [0.29, 0.717) is 55.7 Å². The third-order valence-electron chi connectivity index (χ3n) is 12.5. The van der Waals surface area contributed by atoms with E-state index in [1.54, 1.807) is 31.2 Å². The van der Waals surface area contributed by atoms with Crippen molar-refractivity contribution in [2.24, 2.45) is 11.8 Å². The molecule has 15 nitrogen and oxygen atoms in total. The van der Waals surface area contributed by atoms with E-state index in [-0.39, 0.29) is 40.8 Å². The van der Waals surface area contributed by atoms with Crippen molar-refractivity contribution in [2.75, 3.05) is 37.7 Å². The molecule has 1 saturated heterocycles. The quantitative estimate of drug-likeness (QED) is 0.0876. The van der Waals surface area contributed by atoms with Crippen LogP contribution in [0.15, 0.2) is 82.8 Å². The number of carbonyl (C=O) groups is 5. The number of carboxylic acid groups (broad SMARTS) is 1. The van der Waals surface area contributed by atoms with Crippen molar-refractivity contribution in [2.45, 2.75) is 129 Å². The number of aromatic carboxylic acids is 1. The van der Waals surface area contributed by atoms with Gasteiger partial charge in [-0.3, -0.25) is 14.5 Å². The summed E-state index contributed by atoms with van der Waals surface area (Å²) >= 11 is 0. The van der Waals surface area contributed by atoms with Crippen LogP contribution in [0.4, 0.5) is 15.3 Å². The number of sulfonamides is 1. The number of hydrogen-bond donors (Lipinski definition) is 5. The number of ether oxygens (including phenoxy) is 1. The Balaban J connectivity index is 0.000000251. The zero-order valence-electron chi connectivity index (χ0n) is 40.0. The van der Waals surface area contributed by atoms with Gasteiger partial charge in [0.1, 0.15) is 11.3 Å². The molecule has 6 amide bonds. The fraction of sp³-hybridized carbons (Fsp3) is 0.510. The van der Waals surface area contributed by atoms with E-state index in [2.05, 4.69) is 64.5 Å². The summed E-state index contributed by atoms with van der Waals surface area (Å²) in [5.74, 6) is -0.0230. The van der Waals surface area contributed by atoms with Crippen molar-refractivity contribution in [3.05, 3.63) is 100 Å². The standard InChI is InChI=1S/C27H36N2O4.C24H34N4O5S/c1-4-33-25-17-20(12-13-22(25)27(31)32)18-26(30)28-23(16-19(2)3)21-10-6-7-11-24(21)29-14-8-5-9-15-29;1-4-21-17(3)15-28(22(21)29)24(31)25-14-13-18-7-11-20(12-8-18)34(32,33)27-23(30)26-19-9-5-16(2)6-10-19/h6-7,10-13,17,19,23H,4-5,8-9,14-16,18H2,1-3H3,(H,28,30)(H,31,32);7-8,11-12,16,19H,4-6,9-10,13-15H2,1-3H3,(H,25,31)(H2,26,27,30)/t23-;/m0./s1. The third kappa shape index (κ3) is 15.1. The molecule has 2 fully saturated rings. The molecule has 1 saturated carbocycles. The molecular weight excluding hydrogens is 873 g/mol. The molecule has 2 aliphatic heterocycles. The first-order valence-electron chi connectivity index (χ1n) is 23.8. The van der Waals surface area contributed by atoms with Gasteiger partial charge in [-0.15, -0.1) is 0 Å². The van der Waals surface area contributed by atoms with Crippen molar-refractivity contribution in [1.82, 2.24) is 25.6 Å². The Bertz CT molecular complexity index is 2340. The van der Waals surface area contributed by atoms with E-state index < -0.39 is 28.1 Å². The third-order valence-corrected chi connectivity index (χ3v) is 13.9. The molecule has 0 radical (unpaired) electrons. The summed E-state index contributed by atoms with van der Waals surface area (Å²) in [6, 6.07) is 18.2. The largest absolute Gasteiger partial charge is 0.493 e. The fourth-order valence-corrected chi connectivity index (χ4v) is 9.83. The fourth-order valence-electron chi connectivity index (χ4n) is 8.91. The molecule has 6 rings (SSSR count). The van der Waals surface area contributed by atoms with Gasteiger partial charge in [-0.25, -0.2) is 27.5 Å². The summed E-state index contributed by atoms with van der Waals surface area (Å²) in [5.41, 5.74) is 5.63. The highest BCUT2D eigenvalue weighted by Crippen LogP contribution is 2.33. The van der Waals surface area contributed by atoms with Crippen LogP contribution in [0.25, 0.3) is 0 Å². The average Bonchev–Trinajstić information content (AvgIpc) is 3.59. The van der Waals surface area contributed by atoms with Gasteiger partial charge in [0, 0.05) is 36.9 Å². The number of carbonyl (C=O) groups excluding carboxylic acids is 4. The van der Waals surface area contributed by atoms with Crippen molar-refractivity contribution in [3.63, 3.8) is 0 Å². The zero-order chi connectivity index (χ0) is 48.7. The number of para-hydroxylation sites is 1. The van der Waals surface area contributed by atoms with Gasteiger partial charge in [0.05, 0.1) is 30.5 Å². The predicted molar refractivity (Wildman–Crippen MR) is 260 cm³/mol. The second kappa shape index (κ2) is 24.7. The van der Waals surface area contributed by atoms with E-state index in [0.717, 1.165) is 67.5 Å². The summed E-state index contributed by atoms with van der Waals surface area (Å²) in [5, 5.41) is 18.1. The molecule has 3 aliphatic rings. The Morgan fingerprint density at radius 1 is 0.896 bits per heavy atom. The summed E-state index contributed by atoms with van der Waals surface area (Å²) in [7, 11) is -3.98. The molecule has 2 heterocycles. The average molecular weight is 943 g/mol. The van der Waals surface area contributed by atoms with Gasteiger partial charge < -0.3 is 30.7 Å². The summed E-state index contributed by atoms with van der Waals surface area (Å²) < 4.78 is 32.6. The first kappa shape index (κ1) is 52.1. The number of carboxylic acids is 1. The maximum Gasteiger partial charge on any atom is 0.339 e. The molecule has 364 valence electrons. The van der Waals surface area contributed by atoms with Crippen LogP contribution in [0.5, 0.6) is 5.75 Å². The molecule has 0 unspecified atom stereocenters. The van der Waals surface area contributed by atoms with Crippen LogP contribution in [0.3, 0.4) is 0 Å². The number of amides is 6. The van der Waals surface area contributed by atoms with E-state index in [9.17, 15) is 37.5 Å². The lowest BCUT2D eigenvalue weighted by Gasteiger charge is -2.33. The molecule has 67 heavy (non-hydrogen) atoms. The molecule has 0 aromatic heterocycles. The van der Waals surface area contributed by atoms with Crippen molar-refractivity contribution < 1.29 is 42.2 Å². The molecule has 1 aliphatic carbocycles. The van der Waals surface area contributed by atoms with Gasteiger partial charge in [-0.2, -0.15) is 0 Å². The molecule has 5 N–H and O–H groups in total. The minimum Gasteiger partial charge on any atom is -0.493 e. The van der Waals surface area contributed by atoms with Crippen LogP contribution in [0.1, 0.15) is 132 Å². The first-order chi connectivity index (χ1) is 32.0. The lowest BCUT2D eigenvalue weighted by Crippen LogP contribution is -2.45. The summed E-state index contributed by atoms with van der Waals surface area (Å²) in [4.78, 5) is 64.9. The molecule has 3 aromatic carbocycles. The monoisotopic (exact) mass is 942 g/mol. The molecule has 0 spiro atoms. The number of piperidine rings is 1. The maximum absolute atomic E-state index is 13.1. The maximum atomic E-state index is 13.1. The number of imide groups is 1. The van der Waals surface area contributed by atoms with Gasteiger partial charge >= 0.3 is 18.0 Å². The first-order valence-corrected chi connectivity index (χ1v) is 25.3. The predicted octanol–water partition coefficient (Wildman–Crippen LogP) is 8.29. The van der Waals surface area contributed by atoms with Crippen LogP contribution in [0, 0.1) is 11.8 Å². The van der Waals surface area contributed by atoms with Crippen molar-refractivity contribution in [3.8, 4) is 5.75 Å². The number of anilines is 1. The number of hydrogen-bond acceptors (Lipinski definition) is 9. The summed E-state index contributed by atoms with van der Waals surface area (Å²) in [6.45, 7) is 15.1. The Morgan fingerprint density at radius 3 is 2.19 bits per heavy atom. The van der Waals surface area contributed by atoms with Gasteiger partial charge in [-0.05, 0) is 142 Å².